The van der Waals surface area contributed by atoms with Gasteiger partial charge in [0.05, 0.1) is 11.5 Å². The maximum absolute atomic E-state index is 13.9. The summed E-state index contributed by atoms with van der Waals surface area (Å²) in [7, 11) is 1.37. The van der Waals surface area contributed by atoms with Crippen LogP contribution in [0, 0.1) is 5.92 Å². The first kappa shape index (κ1) is 35.7. The molecule has 258 valence electrons. The Bertz CT molecular complexity index is 1610. The molecule has 1 aliphatic rings. The summed E-state index contributed by atoms with van der Waals surface area (Å²) in [5, 5.41) is 4.52. The minimum Gasteiger partial charge on any atom is -0.471 e. The van der Waals surface area contributed by atoms with Crippen molar-refractivity contribution >= 4 is 23.0 Å². The molecule has 0 unspecified atom stereocenters. The van der Waals surface area contributed by atoms with Gasteiger partial charge in [-0.15, -0.1) is 0 Å². The minimum atomic E-state index is -4.84. The predicted octanol–water partition coefficient (Wildman–Crippen LogP) is 6.34. The van der Waals surface area contributed by atoms with Crippen molar-refractivity contribution in [3.63, 3.8) is 0 Å². The quantitative estimate of drug-likeness (QED) is 0.243. The van der Waals surface area contributed by atoms with Gasteiger partial charge in [0, 0.05) is 33.0 Å². The zero-order valence-corrected chi connectivity index (χ0v) is 24.8. The van der Waals surface area contributed by atoms with Gasteiger partial charge in [-0.2, -0.15) is 40.1 Å². The van der Waals surface area contributed by atoms with Gasteiger partial charge in [-0.25, -0.2) is 13.8 Å². The number of aromatic nitrogens is 3. The lowest BCUT2D eigenvalue weighted by molar-refractivity contribution is -0.182. The Morgan fingerprint density at radius 1 is 1.00 bits per heavy atom. The summed E-state index contributed by atoms with van der Waals surface area (Å²) < 4.78 is 140. The molecule has 0 spiro atoms. The number of carbonyl (C=O) groups excluding carboxylic acids is 2. The van der Waals surface area contributed by atoms with Crippen molar-refractivity contribution in [3.05, 3.63) is 52.3 Å². The van der Waals surface area contributed by atoms with E-state index in [-0.39, 0.29) is 59.4 Å². The molecule has 2 N–H and O–H groups in total. The van der Waals surface area contributed by atoms with E-state index in [0.717, 1.165) is 24.3 Å². The standard InChI is InChI=1S/C29H29F10N5O3/c1-27(32,33)26(46)40-12-14-3-8-19(29(37,38)39)15(9-14)10-22-42-20-11-18(25(47-13-21(30)31)43-23(20)44(22)2)24(45)41-17-6-4-16(5-7-17)28(34,35)36/h3,8-9,11,16-17,21H,4-7,10,12-13H2,1-2H3,(H,40,46)(H,41,45). The summed E-state index contributed by atoms with van der Waals surface area (Å²) in [6, 6.07) is 3.28. The molecule has 3 aromatic rings. The third-order valence-electron chi connectivity index (χ3n) is 7.69. The summed E-state index contributed by atoms with van der Waals surface area (Å²) in [5.74, 6) is -8.30. The molecule has 18 heteroatoms. The van der Waals surface area contributed by atoms with E-state index in [1.165, 1.54) is 11.6 Å². The molecule has 1 fully saturated rings. The van der Waals surface area contributed by atoms with Crippen molar-refractivity contribution in [2.24, 2.45) is 13.0 Å². The topological polar surface area (TPSA) is 98.1 Å². The fraction of sp³-hybridized carbons (Fsp3) is 0.517. The first-order valence-electron chi connectivity index (χ1n) is 14.2. The zero-order chi connectivity index (χ0) is 34.9. The molecule has 2 amide bonds. The van der Waals surface area contributed by atoms with Crippen LogP contribution in [0.15, 0.2) is 24.3 Å². The smallest absolute Gasteiger partial charge is 0.416 e. The molecular formula is C29H29F10N5O3. The van der Waals surface area contributed by atoms with Gasteiger partial charge < -0.3 is 19.9 Å². The van der Waals surface area contributed by atoms with Crippen molar-refractivity contribution in [2.75, 3.05) is 6.61 Å². The van der Waals surface area contributed by atoms with Gasteiger partial charge in [0.2, 0.25) is 5.88 Å². The van der Waals surface area contributed by atoms with Crippen molar-refractivity contribution < 1.29 is 58.2 Å². The van der Waals surface area contributed by atoms with Crippen LogP contribution in [0.3, 0.4) is 0 Å². The van der Waals surface area contributed by atoms with Crippen molar-refractivity contribution in [2.45, 2.75) is 76.3 Å². The maximum atomic E-state index is 13.9. The van der Waals surface area contributed by atoms with Gasteiger partial charge in [0.1, 0.15) is 16.9 Å². The Labute approximate surface area is 260 Å². The SMILES string of the molecule is Cn1c(Cc2cc(CNC(=O)C(C)(F)F)ccc2C(F)(F)F)nc2cc(C(=O)NC3CCC(C(F)(F)F)CC3)c(OCC(F)F)nc21. The zero-order valence-electron chi connectivity index (χ0n) is 24.8. The minimum absolute atomic E-state index is 0.0116. The van der Waals surface area contributed by atoms with E-state index in [4.69, 9.17) is 4.74 Å². The third kappa shape index (κ3) is 8.82. The van der Waals surface area contributed by atoms with Crippen LogP contribution in [-0.4, -0.2) is 57.5 Å². The predicted molar refractivity (Wildman–Crippen MR) is 146 cm³/mol. The van der Waals surface area contributed by atoms with E-state index >= 15 is 0 Å². The van der Waals surface area contributed by atoms with Crippen LogP contribution >= 0.6 is 0 Å². The third-order valence-corrected chi connectivity index (χ3v) is 7.69. The molecule has 1 aromatic carbocycles. The lowest BCUT2D eigenvalue weighted by Gasteiger charge is -2.30. The lowest BCUT2D eigenvalue weighted by Crippen LogP contribution is -2.40. The molecule has 0 atom stereocenters. The Morgan fingerprint density at radius 2 is 1.66 bits per heavy atom. The maximum Gasteiger partial charge on any atom is 0.416 e. The Hall–Kier alpha value is -4.12. The highest BCUT2D eigenvalue weighted by Gasteiger charge is 2.42. The van der Waals surface area contributed by atoms with E-state index in [1.54, 1.807) is 0 Å². The van der Waals surface area contributed by atoms with Crippen molar-refractivity contribution in [1.82, 2.24) is 25.2 Å². The number of carbonyl (C=O) groups is 2. The average molecular weight is 686 g/mol. The van der Waals surface area contributed by atoms with E-state index in [1.807, 2.05) is 5.32 Å². The van der Waals surface area contributed by atoms with E-state index < -0.39 is 79.5 Å². The number of fused-ring (bicyclic) bond motifs is 1. The largest absolute Gasteiger partial charge is 0.471 e. The second-order valence-corrected chi connectivity index (χ2v) is 11.3. The number of alkyl halides is 10. The van der Waals surface area contributed by atoms with Crippen molar-refractivity contribution in [1.29, 1.82) is 0 Å². The first-order valence-corrected chi connectivity index (χ1v) is 14.2. The number of halogens is 10. The highest BCUT2D eigenvalue weighted by Crippen LogP contribution is 2.38. The number of hydrogen-bond acceptors (Lipinski definition) is 5. The lowest BCUT2D eigenvalue weighted by atomic mass is 9.85. The normalized spacial score (nSPS) is 17.6. The van der Waals surface area contributed by atoms with Crippen LogP contribution in [0.5, 0.6) is 5.88 Å². The van der Waals surface area contributed by atoms with Crippen LogP contribution < -0.4 is 15.4 Å². The number of aryl methyl sites for hydroxylation is 1. The summed E-state index contributed by atoms with van der Waals surface area (Å²) in [6.45, 7) is -1.30. The van der Waals surface area contributed by atoms with Gasteiger partial charge >= 0.3 is 18.3 Å². The number of amides is 2. The molecule has 4 rings (SSSR count). The highest BCUT2D eigenvalue weighted by atomic mass is 19.4. The van der Waals surface area contributed by atoms with E-state index in [2.05, 4.69) is 15.3 Å². The number of imidazole rings is 1. The van der Waals surface area contributed by atoms with Crippen LogP contribution in [0.1, 0.15) is 65.5 Å². The van der Waals surface area contributed by atoms with E-state index in [9.17, 15) is 53.5 Å². The van der Waals surface area contributed by atoms with Crippen LogP contribution in [0.4, 0.5) is 43.9 Å². The van der Waals surface area contributed by atoms with E-state index in [0.29, 0.717) is 6.92 Å². The highest BCUT2D eigenvalue weighted by molar-refractivity contribution is 5.99. The number of ether oxygens (including phenoxy) is 1. The van der Waals surface area contributed by atoms with Gasteiger partial charge in [-0.05, 0) is 48.9 Å². The molecule has 0 bridgehead atoms. The van der Waals surface area contributed by atoms with Crippen LogP contribution in [-0.2, 0) is 31.0 Å². The number of nitrogens with zero attached hydrogens (tertiary/aromatic N) is 3. The molecule has 47 heavy (non-hydrogen) atoms. The monoisotopic (exact) mass is 685 g/mol. The number of rotatable bonds is 10. The molecule has 0 aliphatic heterocycles. The summed E-state index contributed by atoms with van der Waals surface area (Å²) in [6.07, 6.45) is -13.1. The Morgan fingerprint density at radius 3 is 2.23 bits per heavy atom. The van der Waals surface area contributed by atoms with Crippen molar-refractivity contribution in [3.8, 4) is 5.88 Å². The molecule has 8 nitrogen and oxygen atoms in total. The molecule has 2 aromatic heterocycles. The Balaban J connectivity index is 1.65. The fourth-order valence-corrected chi connectivity index (χ4v) is 5.23. The molecule has 1 saturated carbocycles. The Kier molecular flexibility index (Phi) is 10.3. The average Bonchev–Trinajstić information content (AvgIpc) is 3.26. The van der Waals surface area contributed by atoms with Gasteiger partial charge in [0.15, 0.2) is 12.3 Å². The summed E-state index contributed by atoms with van der Waals surface area (Å²) in [5.41, 5.74) is -1.77. The number of benzene rings is 1. The molecule has 0 saturated heterocycles. The van der Waals surface area contributed by atoms with Crippen LogP contribution in [0.25, 0.3) is 11.2 Å². The second-order valence-electron chi connectivity index (χ2n) is 11.3. The molecular weight excluding hydrogens is 656 g/mol. The fourth-order valence-electron chi connectivity index (χ4n) is 5.23. The number of hydrogen-bond donors (Lipinski definition) is 2. The molecule has 2 heterocycles. The molecule has 0 radical (unpaired) electrons. The second kappa shape index (κ2) is 13.5. The number of pyridine rings is 1. The van der Waals surface area contributed by atoms with Gasteiger partial charge in [0.25, 0.3) is 18.2 Å². The first-order chi connectivity index (χ1) is 21.7. The van der Waals surface area contributed by atoms with Gasteiger partial charge in [-0.3, -0.25) is 9.59 Å². The number of nitrogens with one attached hydrogen (secondary N) is 2. The van der Waals surface area contributed by atoms with Crippen LogP contribution in [0.2, 0.25) is 0 Å². The van der Waals surface area contributed by atoms with Gasteiger partial charge in [-0.1, -0.05) is 12.1 Å². The summed E-state index contributed by atoms with van der Waals surface area (Å²) in [4.78, 5) is 33.1. The molecule has 1 aliphatic carbocycles. The summed E-state index contributed by atoms with van der Waals surface area (Å²) >= 11 is 0.